The van der Waals surface area contributed by atoms with Gasteiger partial charge < -0.3 is 10.1 Å². The van der Waals surface area contributed by atoms with E-state index in [2.05, 4.69) is 19.2 Å². The van der Waals surface area contributed by atoms with Crippen molar-refractivity contribution >= 4 is 46.8 Å². The number of aromatic nitrogens is 1. The Kier molecular flexibility index (Phi) is 5.84. The van der Waals surface area contributed by atoms with E-state index in [-0.39, 0.29) is 11.3 Å². The van der Waals surface area contributed by atoms with Crippen LogP contribution in [0, 0.1) is 4.64 Å². The fourth-order valence-corrected chi connectivity index (χ4v) is 6.14. The van der Waals surface area contributed by atoms with Crippen LogP contribution in [0.4, 0.5) is 5.69 Å². The second kappa shape index (κ2) is 8.69. The number of hydrogen-bond acceptors (Lipinski definition) is 5. The molecule has 172 valence electrons. The molecular weight excluding hydrogens is 484 g/mol. The van der Waals surface area contributed by atoms with Gasteiger partial charge in [0.2, 0.25) is 0 Å². The zero-order valence-electron chi connectivity index (χ0n) is 19.0. The third-order valence-corrected chi connectivity index (χ3v) is 8.05. The molecule has 1 aromatic heterocycles. The van der Waals surface area contributed by atoms with Gasteiger partial charge in [0.05, 0.1) is 22.7 Å². The van der Waals surface area contributed by atoms with E-state index < -0.39 is 0 Å². The van der Waals surface area contributed by atoms with Crippen molar-refractivity contribution in [1.29, 1.82) is 0 Å². The van der Waals surface area contributed by atoms with Crippen LogP contribution in [-0.2, 0) is 5.54 Å². The molecule has 34 heavy (non-hydrogen) atoms. The Bertz CT molecular complexity index is 1470. The summed E-state index contributed by atoms with van der Waals surface area (Å²) in [5.41, 5.74) is 4.50. The summed E-state index contributed by atoms with van der Waals surface area (Å²) in [6.07, 6.45) is 0. The number of ether oxygens (including phenoxy) is 1. The van der Waals surface area contributed by atoms with Gasteiger partial charge in [-0.3, -0.25) is 8.75 Å². The Hall–Kier alpha value is -2.93. The number of rotatable bonds is 5. The third kappa shape index (κ3) is 3.86. The highest BCUT2D eigenvalue weighted by Crippen LogP contribution is 2.48. The minimum Gasteiger partial charge on any atom is -0.494 e. The van der Waals surface area contributed by atoms with Crippen LogP contribution in [0.25, 0.3) is 16.8 Å². The monoisotopic (exact) mass is 506 g/mol. The van der Waals surface area contributed by atoms with E-state index in [1.807, 2.05) is 65.5 Å². The predicted octanol–water partition coefficient (Wildman–Crippen LogP) is 7.88. The number of hydrogen-bond donors (Lipinski definition) is 1. The van der Waals surface area contributed by atoms with Gasteiger partial charge in [0.25, 0.3) is 0 Å². The maximum atomic E-state index is 13.4. The van der Waals surface area contributed by atoms with E-state index in [1.54, 1.807) is 12.1 Å². The summed E-state index contributed by atoms with van der Waals surface area (Å²) >= 11 is 14.0. The van der Waals surface area contributed by atoms with Crippen LogP contribution in [-0.4, -0.2) is 16.3 Å². The number of nitrogens with zero attached hydrogens (tertiary/aromatic N) is 1. The molecular formula is C27H23ClN2O2S2. The average molecular weight is 507 g/mol. The molecule has 5 rings (SSSR count). The Morgan fingerprint density at radius 2 is 1.88 bits per heavy atom. The first-order chi connectivity index (χ1) is 16.3. The predicted molar refractivity (Wildman–Crippen MR) is 143 cm³/mol. The molecule has 0 saturated carbocycles. The van der Waals surface area contributed by atoms with Crippen LogP contribution >= 0.6 is 35.4 Å². The maximum Gasteiger partial charge on any atom is 0.195 e. The lowest BCUT2D eigenvalue weighted by Crippen LogP contribution is -2.30. The molecule has 4 aromatic rings. The Balaban J connectivity index is 1.74. The zero-order chi connectivity index (χ0) is 24.0. The zero-order valence-corrected chi connectivity index (χ0v) is 21.4. The summed E-state index contributed by atoms with van der Waals surface area (Å²) < 4.78 is 8.36. The van der Waals surface area contributed by atoms with Crippen LogP contribution < -0.4 is 10.1 Å². The van der Waals surface area contributed by atoms with Gasteiger partial charge in [-0.05, 0) is 57.2 Å². The lowest BCUT2D eigenvalue weighted by atomic mass is 9.89. The van der Waals surface area contributed by atoms with Gasteiger partial charge in [0.1, 0.15) is 10.4 Å². The highest BCUT2D eigenvalue weighted by Gasteiger charge is 2.35. The molecule has 0 amide bonds. The fourth-order valence-electron chi connectivity index (χ4n) is 4.30. The molecule has 0 unspecified atom stereocenters. The first-order valence-electron chi connectivity index (χ1n) is 11.0. The van der Waals surface area contributed by atoms with Crippen LogP contribution in [0.15, 0.2) is 66.7 Å². The molecule has 0 radical (unpaired) electrons. The standard InChI is InChI=1S/C27H23ClN2O2S2/c1-4-32-18-11-13-21-20(15-18)23-25(27(2,3)29-21)34-30(26(23)33)22-14-17(28)10-12-19(22)24(31)16-8-6-5-7-9-16/h5-15,29H,4H2,1-3H3. The Morgan fingerprint density at radius 1 is 1.12 bits per heavy atom. The van der Waals surface area contributed by atoms with Crippen molar-refractivity contribution in [3.63, 3.8) is 0 Å². The normalized spacial score (nSPS) is 13.5. The first kappa shape index (κ1) is 22.8. The van der Waals surface area contributed by atoms with E-state index >= 15 is 0 Å². The van der Waals surface area contributed by atoms with Crippen molar-refractivity contribution < 1.29 is 9.53 Å². The molecule has 3 aromatic carbocycles. The summed E-state index contributed by atoms with van der Waals surface area (Å²) in [6, 6.07) is 20.6. The van der Waals surface area contributed by atoms with E-state index in [9.17, 15) is 4.79 Å². The number of anilines is 1. The van der Waals surface area contributed by atoms with Crippen molar-refractivity contribution in [2.24, 2.45) is 0 Å². The largest absolute Gasteiger partial charge is 0.494 e. The molecule has 0 atom stereocenters. The lowest BCUT2D eigenvalue weighted by molar-refractivity contribution is 0.103. The summed E-state index contributed by atoms with van der Waals surface area (Å²) in [5.74, 6) is 0.723. The highest BCUT2D eigenvalue weighted by molar-refractivity contribution is 7.71. The molecule has 2 heterocycles. The smallest absolute Gasteiger partial charge is 0.195 e. The number of halogens is 1. The van der Waals surface area contributed by atoms with Gasteiger partial charge in [-0.25, -0.2) is 0 Å². The molecule has 0 aliphatic carbocycles. The van der Waals surface area contributed by atoms with Crippen LogP contribution in [0.3, 0.4) is 0 Å². The van der Waals surface area contributed by atoms with E-state index in [0.717, 1.165) is 27.4 Å². The molecule has 0 bridgehead atoms. The van der Waals surface area contributed by atoms with Crippen molar-refractivity contribution in [2.45, 2.75) is 26.3 Å². The number of ketones is 1. The topological polar surface area (TPSA) is 43.3 Å². The van der Waals surface area contributed by atoms with Gasteiger partial charge in [-0.1, -0.05) is 65.7 Å². The van der Waals surface area contributed by atoms with Gasteiger partial charge in [0.15, 0.2) is 5.78 Å². The molecule has 0 saturated heterocycles. The molecule has 1 aliphatic heterocycles. The number of benzene rings is 3. The number of fused-ring (bicyclic) bond motifs is 3. The number of nitrogens with one attached hydrogen (secondary N) is 1. The summed E-state index contributed by atoms with van der Waals surface area (Å²) in [7, 11) is 0. The third-order valence-electron chi connectivity index (χ3n) is 5.85. The van der Waals surface area contributed by atoms with Gasteiger partial charge in [-0.2, -0.15) is 0 Å². The summed E-state index contributed by atoms with van der Waals surface area (Å²) in [4.78, 5) is 14.5. The highest BCUT2D eigenvalue weighted by atomic mass is 35.5. The molecule has 0 fully saturated rings. The van der Waals surface area contributed by atoms with E-state index in [1.165, 1.54) is 11.5 Å². The summed E-state index contributed by atoms with van der Waals surface area (Å²) in [5, 5.41) is 4.18. The number of carbonyl (C=O) groups excluding carboxylic acids is 1. The minimum absolute atomic E-state index is 0.0723. The SMILES string of the molecule is CCOc1ccc2c(c1)-c1c(sn(-c3cc(Cl)ccc3C(=O)c3ccccc3)c1=S)C(C)(C)N2. The second-order valence-corrected chi connectivity index (χ2v) is 10.4. The second-order valence-electron chi connectivity index (χ2n) is 8.64. The summed E-state index contributed by atoms with van der Waals surface area (Å²) in [6.45, 7) is 6.82. The van der Waals surface area contributed by atoms with Crippen LogP contribution in [0.5, 0.6) is 5.75 Å². The average Bonchev–Trinajstić information content (AvgIpc) is 3.18. The van der Waals surface area contributed by atoms with Gasteiger partial charge >= 0.3 is 0 Å². The Morgan fingerprint density at radius 3 is 2.62 bits per heavy atom. The number of carbonyl (C=O) groups is 1. The molecule has 1 N–H and O–H groups in total. The molecule has 7 heteroatoms. The quantitative estimate of drug-likeness (QED) is 0.221. The first-order valence-corrected chi connectivity index (χ1v) is 12.6. The molecule has 1 aliphatic rings. The van der Waals surface area contributed by atoms with Crippen LogP contribution in [0.1, 0.15) is 41.6 Å². The van der Waals surface area contributed by atoms with Crippen molar-refractivity contribution in [1.82, 2.24) is 3.96 Å². The van der Waals surface area contributed by atoms with Crippen molar-refractivity contribution in [3.05, 3.63) is 92.4 Å². The van der Waals surface area contributed by atoms with Crippen molar-refractivity contribution in [3.8, 4) is 22.6 Å². The van der Waals surface area contributed by atoms with E-state index in [4.69, 9.17) is 28.6 Å². The van der Waals surface area contributed by atoms with Gasteiger partial charge in [0, 0.05) is 33.0 Å². The van der Waals surface area contributed by atoms with Crippen LogP contribution in [0.2, 0.25) is 5.02 Å². The molecule has 0 spiro atoms. The maximum absolute atomic E-state index is 13.4. The lowest BCUT2D eigenvalue weighted by Gasteiger charge is -2.33. The van der Waals surface area contributed by atoms with E-state index in [0.29, 0.717) is 33.1 Å². The van der Waals surface area contributed by atoms with Crippen molar-refractivity contribution in [2.75, 3.05) is 11.9 Å². The van der Waals surface area contributed by atoms with Gasteiger partial charge in [-0.15, -0.1) is 0 Å². The fraction of sp³-hybridized carbons (Fsp3) is 0.185. The minimum atomic E-state index is -0.346. The Labute approximate surface area is 212 Å². The molecule has 4 nitrogen and oxygen atoms in total.